The number of carbonyl (C=O) groups is 2. The van der Waals surface area contributed by atoms with Crippen LogP contribution >= 0.6 is 0 Å². The van der Waals surface area contributed by atoms with Gasteiger partial charge in [0.2, 0.25) is 0 Å². The molecule has 5 heteroatoms. The fraction of sp³-hybridized carbons (Fsp3) is 0.333. The number of nitrogens with zero attached hydrogens (tertiary/aromatic N) is 1. The van der Waals surface area contributed by atoms with E-state index in [2.05, 4.69) is 30.9 Å². The van der Waals surface area contributed by atoms with Crippen LogP contribution in [0.2, 0.25) is 0 Å². The van der Waals surface area contributed by atoms with Gasteiger partial charge < -0.3 is 14.7 Å². The van der Waals surface area contributed by atoms with Gasteiger partial charge in [-0.2, -0.15) is 0 Å². The summed E-state index contributed by atoms with van der Waals surface area (Å²) in [4.78, 5) is 25.4. The molecule has 0 saturated heterocycles. The number of hydrogen-bond acceptors (Lipinski definition) is 4. The monoisotopic (exact) mass is 311 g/mol. The predicted molar refractivity (Wildman–Crippen MR) is 84.1 cm³/mol. The van der Waals surface area contributed by atoms with Crippen LogP contribution in [-0.4, -0.2) is 29.7 Å². The van der Waals surface area contributed by atoms with Gasteiger partial charge >= 0.3 is 11.9 Å². The Morgan fingerprint density at radius 1 is 1.35 bits per heavy atom. The largest absolute Gasteiger partial charge is 0.477 e. The van der Waals surface area contributed by atoms with Crippen molar-refractivity contribution in [2.75, 3.05) is 11.4 Å². The number of hydrogen-bond donors (Lipinski definition) is 1. The molecule has 23 heavy (non-hydrogen) atoms. The van der Waals surface area contributed by atoms with Crippen molar-refractivity contribution in [3.05, 3.63) is 52.7 Å². The van der Waals surface area contributed by atoms with Crippen molar-refractivity contribution in [1.29, 1.82) is 0 Å². The van der Waals surface area contributed by atoms with Crippen molar-refractivity contribution < 1.29 is 19.4 Å². The highest BCUT2D eigenvalue weighted by molar-refractivity contribution is 6.14. The summed E-state index contributed by atoms with van der Waals surface area (Å²) >= 11 is 0. The third-order valence-electron chi connectivity index (χ3n) is 4.96. The van der Waals surface area contributed by atoms with Gasteiger partial charge in [0.25, 0.3) is 0 Å². The van der Waals surface area contributed by atoms with Crippen molar-refractivity contribution >= 4 is 17.6 Å². The Labute approximate surface area is 133 Å². The zero-order chi connectivity index (χ0) is 16.4. The summed E-state index contributed by atoms with van der Waals surface area (Å²) in [6.45, 7) is 5.01. The minimum atomic E-state index is -1.24. The average Bonchev–Trinajstić information content (AvgIpc) is 2.75. The van der Waals surface area contributed by atoms with Gasteiger partial charge in [-0.05, 0) is 17.7 Å². The minimum absolute atomic E-state index is 0.255. The number of aliphatic carboxylic acids is 1. The predicted octanol–water partition coefficient (Wildman–Crippen LogP) is 2.38. The third-order valence-corrected chi connectivity index (χ3v) is 4.96. The number of benzene rings is 1. The van der Waals surface area contributed by atoms with E-state index in [-0.39, 0.29) is 17.1 Å². The summed E-state index contributed by atoms with van der Waals surface area (Å²) < 4.78 is 5.39. The Bertz CT molecular complexity index is 803. The topological polar surface area (TPSA) is 66.8 Å². The quantitative estimate of drug-likeness (QED) is 0.637. The molecule has 0 aromatic heterocycles. The highest BCUT2D eigenvalue weighted by atomic mass is 16.5. The van der Waals surface area contributed by atoms with Gasteiger partial charge in [-0.15, -0.1) is 0 Å². The van der Waals surface area contributed by atoms with Gasteiger partial charge in [0.15, 0.2) is 0 Å². The molecule has 5 nitrogen and oxygen atoms in total. The molecular formula is C18H17NO4. The first-order chi connectivity index (χ1) is 10.9. The van der Waals surface area contributed by atoms with E-state index in [1.165, 1.54) is 11.6 Å². The van der Waals surface area contributed by atoms with Crippen LogP contribution in [0.1, 0.15) is 25.8 Å². The van der Waals surface area contributed by atoms with Crippen LogP contribution in [-0.2, 0) is 19.7 Å². The van der Waals surface area contributed by atoms with Crippen molar-refractivity contribution in [2.24, 2.45) is 0 Å². The van der Waals surface area contributed by atoms with Crippen molar-refractivity contribution in [3.8, 4) is 0 Å². The molecule has 0 spiro atoms. The Kier molecular flexibility index (Phi) is 2.73. The smallest absolute Gasteiger partial charge is 0.346 e. The molecule has 3 heterocycles. The molecule has 4 rings (SSSR count). The fourth-order valence-electron chi connectivity index (χ4n) is 3.97. The first-order valence-corrected chi connectivity index (χ1v) is 7.69. The van der Waals surface area contributed by atoms with E-state index in [4.69, 9.17) is 4.74 Å². The standard InChI is InChI=1S/C18H17NO4/c1-18(2)12-5-3-4-6-13(12)19-8-7-14-10(15(18)19)9-11(16(20)21)17(22)23-14/h3-6,9,14H,7-8H2,1-2H3,(H,20,21). The number of ether oxygens (including phenoxy) is 1. The lowest BCUT2D eigenvalue weighted by Gasteiger charge is -2.38. The molecule has 1 atom stereocenters. The molecule has 3 aliphatic rings. The van der Waals surface area contributed by atoms with E-state index in [1.54, 1.807) is 0 Å². The average molecular weight is 311 g/mol. The number of carbonyl (C=O) groups excluding carboxylic acids is 1. The number of allylic oxidation sites excluding steroid dienone is 1. The Morgan fingerprint density at radius 3 is 2.83 bits per heavy atom. The molecule has 0 radical (unpaired) electrons. The Balaban J connectivity index is 1.97. The molecule has 1 aromatic rings. The minimum Gasteiger partial charge on any atom is -0.477 e. The van der Waals surface area contributed by atoms with E-state index < -0.39 is 11.9 Å². The van der Waals surface area contributed by atoms with Crippen LogP contribution in [0, 0.1) is 0 Å². The van der Waals surface area contributed by atoms with Gasteiger partial charge in [0, 0.05) is 35.3 Å². The number of rotatable bonds is 1. The second kappa shape index (κ2) is 4.47. The highest BCUT2D eigenvalue weighted by Gasteiger charge is 2.47. The van der Waals surface area contributed by atoms with Gasteiger partial charge in [-0.3, -0.25) is 0 Å². The normalized spacial score (nSPS) is 24.4. The molecule has 0 saturated carbocycles. The Morgan fingerprint density at radius 2 is 2.09 bits per heavy atom. The maximum absolute atomic E-state index is 11.9. The van der Waals surface area contributed by atoms with Gasteiger partial charge in [0.1, 0.15) is 11.7 Å². The first-order valence-electron chi connectivity index (χ1n) is 7.69. The zero-order valence-corrected chi connectivity index (χ0v) is 13.0. The summed E-state index contributed by atoms with van der Waals surface area (Å²) in [7, 11) is 0. The number of esters is 1. The summed E-state index contributed by atoms with van der Waals surface area (Å²) in [6, 6.07) is 8.21. The summed E-state index contributed by atoms with van der Waals surface area (Å²) in [5.41, 5.74) is 3.67. The molecule has 1 aromatic carbocycles. The first kappa shape index (κ1) is 14.1. The van der Waals surface area contributed by atoms with E-state index in [0.717, 1.165) is 23.5 Å². The van der Waals surface area contributed by atoms with E-state index in [9.17, 15) is 14.7 Å². The fourth-order valence-corrected chi connectivity index (χ4v) is 3.97. The van der Waals surface area contributed by atoms with Gasteiger partial charge in [0.05, 0.1) is 0 Å². The number of para-hydroxylation sites is 1. The Hall–Kier alpha value is -2.56. The molecule has 0 aliphatic carbocycles. The number of carboxylic acids is 1. The van der Waals surface area contributed by atoms with Crippen LogP contribution < -0.4 is 4.90 Å². The third kappa shape index (κ3) is 1.79. The summed E-state index contributed by atoms with van der Waals surface area (Å²) in [5, 5.41) is 9.24. The number of fused-ring (bicyclic) bond motifs is 4. The molecule has 0 fully saturated rings. The van der Waals surface area contributed by atoms with Crippen molar-refractivity contribution in [1.82, 2.24) is 0 Å². The molecule has 1 N–H and O–H groups in total. The van der Waals surface area contributed by atoms with Gasteiger partial charge in [-0.1, -0.05) is 32.0 Å². The van der Waals surface area contributed by atoms with Crippen LogP contribution in [0.25, 0.3) is 0 Å². The number of carboxylic acid groups (broad SMARTS) is 1. The van der Waals surface area contributed by atoms with Crippen LogP contribution in [0.5, 0.6) is 0 Å². The summed E-state index contributed by atoms with van der Waals surface area (Å²) in [5.74, 6) is -1.99. The molecule has 1 unspecified atom stereocenters. The van der Waals surface area contributed by atoms with Crippen LogP contribution in [0.4, 0.5) is 5.69 Å². The molecule has 0 amide bonds. The second-order valence-corrected chi connectivity index (χ2v) is 6.64. The van der Waals surface area contributed by atoms with E-state index in [0.29, 0.717) is 6.42 Å². The lowest BCUT2D eigenvalue weighted by Crippen LogP contribution is -2.41. The van der Waals surface area contributed by atoms with Gasteiger partial charge in [-0.25, -0.2) is 9.59 Å². The van der Waals surface area contributed by atoms with Crippen LogP contribution in [0.3, 0.4) is 0 Å². The summed E-state index contributed by atoms with van der Waals surface area (Å²) in [6.07, 6.45) is 1.82. The van der Waals surface area contributed by atoms with E-state index in [1.807, 2.05) is 12.1 Å². The van der Waals surface area contributed by atoms with E-state index >= 15 is 0 Å². The van der Waals surface area contributed by atoms with Crippen molar-refractivity contribution in [3.63, 3.8) is 0 Å². The lowest BCUT2D eigenvalue weighted by atomic mass is 9.79. The highest BCUT2D eigenvalue weighted by Crippen LogP contribution is 2.51. The SMILES string of the molecule is CC1(C)C2=C3C=C(C(=O)O)C(=O)OC3CCN2c2ccccc21. The second-order valence-electron chi connectivity index (χ2n) is 6.64. The maximum atomic E-state index is 11.9. The number of anilines is 1. The maximum Gasteiger partial charge on any atom is 0.346 e. The molecule has 118 valence electrons. The van der Waals surface area contributed by atoms with Crippen LogP contribution in [0.15, 0.2) is 47.2 Å². The molecular weight excluding hydrogens is 294 g/mol. The van der Waals surface area contributed by atoms with Crippen molar-refractivity contribution in [2.45, 2.75) is 31.8 Å². The molecule has 0 bridgehead atoms. The zero-order valence-electron chi connectivity index (χ0n) is 13.0. The molecule has 3 aliphatic heterocycles. The lowest BCUT2D eigenvalue weighted by molar-refractivity contribution is -0.148.